The highest BCUT2D eigenvalue weighted by molar-refractivity contribution is 5.96. The molecule has 0 aliphatic heterocycles. The zero-order chi connectivity index (χ0) is 38.0. The van der Waals surface area contributed by atoms with E-state index in [0.717, 1.165) is 22.6 Å². The summed E-state index contributed by atoms with van der Waals surface area (Å²) >= 11 is 0. The van der Waals surface area contributed by atoms with Gasteiger partial charge in [-0.05, 0) is 120 Å². The SMILES string of the molecule is c1ccc(-c2ccc(N(c3ccc(-c4cccc(-c5ccccc5)c4)cc3)c3cc(-c4ccc5ccccc5c4)ccc3-c3ccc4ccccc4c3)cc2)cc1. The highest BCUT2D eigenvalue weighted by Crippen LogP contribution is 2.44. The van der Waals surface area contributed by atoms with E-state index in [1.807, 2.05) is 0 Å². The van der Waals surface area contributed by atoms with Crippen LogP contribution in [0.2, 0.25) is 0 Å². The Balaban J connectivity index is 1.15. The molecule has 0 aliphatic carbocycles. The molecule has 0 N–H and O–H groups in total. The third-order valence-corrected chi connectivity index (χ3v) is 11.0. The van der Waals surface area contributed by atoms with Gasteiger partial charge < -0.3 is 4.90 Å². The minimum atomic E-state index is 1.09. The first-order chi connectivity index (χ1) is 28.2. The van der Waals surface area contributed by atoms with Crippen molar-refractivity contribution < 1.29 is 0 Å². The number of benzene rings is 10. The van der Waals surface area contributed by atoms with E-state index in [4.69, 9.17) is 0 Å². The Labute approximate surface area is 334 Å². The standard InChI is InChI=1S/C56H39N/c1-3-12-40(13-4-1)44-26-31-53(32-27-44)57(54-33-28-45(29-34-54)49-21-11-20-48(36-49)41-14-5-2-6-15-41)56-39-51(50-24-22-42-16-7-9-18-46(42)37-50)30-35-55(56)52-25-23-43-17-8-10-19-47(43)38-52/h1-39H. The normalized spacial score (nSPS) is 11.2. The van der Waals surface area contributed by atoms with Gasteiger partial charge in [0.25, 0.3) is 0 Å². The monoisotopic (exact) mass is 725 g/mol. The van der Waals surface area contributed by atoms with E-state index >= 15 is 0 Å². The number of hydrogen-bond donors (Lipinski definition) is 0. The maximum absolute atomic E-state index is 2.42. The summed E-state index contributed by atoms with van der Waals surface area (Å²) in [4.78, 5) is 2.42. The Kier molecular flexibility index (Phi) is 8.95. The second-order valence-electron chi connectivity index (χ2n) is 14.6. The van der Waals surface area contributed by atoms with Gasteiger partial charge in [-0.3, -0.25) is 0 Å². The van der Waals surface area contributed by atoms with Crippen molar-refractivity contribution in [2.24, 2.45) is 0 Å². The van der Waals surface area contributed by atoms with Gasteiger partial charge in [0.1, 0.15) is 0 Å². The predicted octanol–water partition coefficient (Wildman–Crippen LogP) is 15.8. The lowest BCUT2D eigenvalue weighted by Gasteiger charge is -2.29. The summed E-state index contributed by atoms with van der Waals surface area (Å²) in [7, 11) is 0. The minimum Gasteiger partial charge on any atom is -0.310 e. The van der Waals surface area contributed by atoms with Crippen molar-refractivity contribution in [1.29, 1.82) is 0 Å². The van der Waals surface area contributed by atoms with Gasteiger partial charge in [0.2, 0.25) is 0 Å². The van der Waals surface area contributed by atoms with E-state index in [9.17, 15) is 0 Å². The maximum Gasteiger partial charge on any atom is 0.0546 e. The Hall–Kier alpha value is -7.48. The Morgan fingerprint density at radius 2 is 0.579 bits per heavy atom. The second kappa shape index (κ2) is 15.0. The minimum absolute atomic E-state index is 1.09. The molecule has 10 aromatic rings. The lowest BCUT2D eigenvalue weighted by Crippen LogP contribution is -2.11. The highest BCUT2D eigenvalue weighted by atomic mass is 15.1. The van der Waals surface area contributed by atoms with Crippen molar-refractivity contribution in [1.82, 2.24) is 0 Å². The second-order valence-corrected chi connectivity index (χ2v) is 14.6. The summed E-state index contributed by atoms with van der Waals surface area (Å²) in [5.74, 6) is 0. The molecule has 0 atom stereocenters. The average Bonchev–Trinajstić information content (AvgIpc) is 3.30. The largest absolute Gasteiger partial charge is 0.310 e. The molecule has 10 rings (SSSR count). The van der Waals surface area contributed by atoms with Gasteiger partial charge >= 0.3 is 0 Å². The van der Waals surface area contributed by atoms with E-state index in [-0.39, 0.29) is 0 Å². The molecule has 57 heavy (non-hydrogen) atoms. The molecule has 0 aliphatic rings. The van der Waals surface area contributed by atoms with Crippen molar-refractivity contribution in [2.75, 3.05) is 4.90 Å². The molecule has 0 saturated carbocycles. The maximum atomic E-state index is 2.42. The number of hydrogen-bond acceptors (Lipinski definition) is 1. The smallest absolute Gasteiger partial charge is 0.0546 e. The van der Waals surface area contributed by atoms with E-state index in [2.05, 4.69) is 241 Å². The Morgan fingerprint density at radius 1 is 0.211 bits per heavy atom. The van der Waals surface area contributed by atoms with Crippen molar-refractivity contribution in [3.05, 3.63) is 237 Å². The number of rotatable bonds is 8. The molecule has 0 saturated heterocycles. The van der Waals surface area contributed by atoms with Crippen LogP contribution in [0.5, 0.6) is 0 Å². The fourth-order valence-corrected chi connectivity index (χ4v) is 8.04. The fraction of sp³-hybridized carbons (Fsp3) is 0. The topological polar surface area (TPSA) is 3.24 Å². The van der Waals surface area contributed by atoms with Gasteiger partial charge in [0, 0.05) is 16.9 Å². The van der Waals surface area contributed by atoms with E-state index in [0.29, 0.717) is 0 Å². The molecule has 0 bridgehead atoms. The van der Waals surface area contributed by atoms with E-state index < -0.39 is 0 Å². The van der Waals surface area contributed by atoms with Crippen LogP contribution in [0.25, 0.3) is 77.2 Å². The first-order valence-electron chi connectivity index (χ1n) is 19.6. The van der Waals surface area contributed by atoms with Crippen LogP contribution < -0.4 is 4.90 Å². The number of nitrogens with zero attached hydrogens (tertiary/aromatic N) is 1. The summed E-state index contributed by atoms with van der Waals surface area (Å²) in [5.41, 5.74) is 15.2. The first-order valence-corrected chi connectivity index (χ1v) is 19.6. The molecule has 0 heterocycles. The summed E-state index contributed by atoms with van der Waals surface area (Å²) < 4.78 is 0. The molecule has 0 fully saturated rings. The number of fused-ring (bicyclic) bond motifs is 2. The van der Waals surface area contributed by atoms with Gasteiger partial charge in [0.05, 0.1) is 5.69 Å². The van der Waals surface area contributed by atoms with Crippen molar-refractivity contribution in [3.63, 3.8) is 0 Å². The van der Waals surface area contributed by atoms with E-state index in [1.165, 1.54) is 71.6 Å². The summed E-state index contributed by atoms with van der Waals surface area (Å²) in [6, 6.07) is 85.8. The van der Waals surface area contributed by atoms with Crippen LogP contribution >= 0.6 is 0 Å². The first kappa shape index (κ1) is 34.0. The van der Waals surface area contributed by atoms with Crippen LogP contribution in [-0.4, -0.2) is 0 Å². The molecule has 1 nitrogen and oxygen atoms in total. The van der Waals surface area contributed by atoms with Crippen molar-refractivity contribution >= 4 is 38.6 Å². The predicted molar refractivity (Wildman–Crippen MR) is 243 cm³/mol. The molecule has 0 unspecified atom stereocenters. The third kappa shape index (κ3) is 6.88. The lowest BCUT2D eigenvalue weighted by atomic mass is 9.94. The lowest BCUT2D eigenvalue weighted by molar-refractivity contribution is 1.28. The molecule has 268 valence electrons. The molecule has 1 heteroatoms. The van der Waals surface area contributed by atoms with Crippen molar-refractivity contribution in [3.8, 4) is 55.6 Å². The average molecular weight is 726 g/mol. The fourth-order valence-electron chi connectivity index (χ4n) is 8.04. The highest BCUT2D eigenvalue weighted by Gasteiger charge is 2.20. The quantitative estimate of drug-likeness (QED) is 0.151. The van der Waals surface area contributed by atoms with Gasteiger partial charge in [-0.25, -0.2) is 0 Å². The van der Waals surface area contributed by atoms with Crippen molar-refractivity contribution in [2.45, 2.75) is 0 Å². The van der Waals surface area contributed by atoms with Gasteiger partial charge in [-0.1, -0.05) is 188 Å². The van der Waals surface area contributed by atoms with Gasteiger partial charge in [-0.15, -0.1) is 0 Å². The molecule has 0 spiro atoms. The number of anilines is 3. The zero-order valence-corrected chi connectivity index (χ0v) is 31.5. The van der Waals surface area contributed by atoms with Crippen LogP contribution in [0.15, 0.2) is 237 Å². The molecule has 10 aromatic carbocycles. The Morgan fingerprint density at radius 3 is 1.16 bits per heavy atom. The molecular weight excluding hydrogens is 687 g/mol. The van der Waals surface area contributed by atoms with Crippen LogP contribution in [0.3, 0.4) is 0 Å². The molecule has 0 amide bonds. The molecule has 0 radical (unpaired) electrons. The third-order valence-electron chi connectivity index (χ3n) is 11.0. The summed E-state index contributed by atoms with van der Waals surface area (Å²) in [5, 5.41) is 4.93. The summed E-state index contributed by atoms with van der Waals surface area (Å²) in [6.07, 6.45) is 0. The molecular formula is C56H39N. The van der Waals surface area contributed by atoms with Gasteiger partial charge in [-0.2, -0.15) is 0 Å². The van der Waals surface area contributed by atoms with Crippen LogP contribution in [0.4, 0.5) is 17.1 Å². The van der Waals surface area contributed by atoms with Crippen LogP contribution in [0, 0.1) is 0 Å². The van der Waals surface area contributed by atoms with Crippen LogP contribution in [-0.2, 0) is 0 Å². The molecule has 0 aromatic heterocycles. The van der Waals surface area contributed by atoms with Crippen LogP contribution in [0.1, 0.15) is 0 Å². The Bertz CT molecular complexity index is 2980. The summed E-state index contributed by atoms with van der Waals surface area (Å²) in [6.45, 7) is 0. The van der Waals surface area contributed by atoms with E-state index in [1.54, 1.807) is 0 Å². The zero-order valence-electron chi connectivity index (χ0n) is 31.5. The van der Waals surface area contributed by atoms with Gasteiger partial charge in [0.15, 0.2) is 0 Å².